The Morgan fingerprint density at radius 1 is 0.949 bits per heavy atom. The van der Waals surface area contributed by atoms with Gasteiger partial charge in [-0.15, -0.1) is 0 Å². The summed E-state index contributed by atoms with van der Waals surface area (Å²) in [6.07, 6.45) is 6.72. The fraction of sp³-hybridized carbons (Fsp3) is 0.571. The minimum absolute atomic E-state index is 0. The standard InChI is InChI=1S/C28H40N4O6.H2I/c1-6-7-10-25(33)38-18-31-14-11-21(12-15-31)26-23(17-37-28(35)30-20(4)5)22(24-9-8-13-32(24)26)16-36-27(34)29-19(2)3;/h11-12,14-15,19-20H,6-10,13,16-18H2,1-5H3,(H-,29,30,34,35);1H2/q;+1/p+1. The smallest absolute Gasteiger partial charge is 0.407 e. The molecule has 1 aliphatic heterocycles. The molecule has 0 saturated carbocycles. The molecule has 11 heteroatoms. The lowest BCUT2D eigenvalue weighted by Crippen LogP contribution is -3.00. The molecule has 0 aromatic carbocycles. The summed E-state index contributed by atoms with van der Waals surface area (Å²) in [5.74, 6) is -0.210. The van der Waals surface area contributed by atoms with E-state index in [2.05, 4.69) is 15.2 Å². The van der Waals surface area contributed by atoms with Crippen LogP contribution in [0.25, 0.3) is 11.3 Å². The predicted molar refractivity (Wildman–Crippen MR) is 144 cm³/mol. The number of carbonyl (C=O) groups is 3. The molecule has 10 nitrogen and oxygen atoms in total. The highest BCUT2D eigenvalue weighted by Gasteiger charge is 2.28. The van der Waals surface area contributed by atoms with Crippen LogP contribution in [0.3, 0.4) is 0 Å². The molecule has 0 fully saturated rings. The van der Waals surface area contributed by atoms with E-state index in [4.69, 9.17) is 14.2 Å². The fourth-order valence-corrected chi connectivity index (χ4v) is 4.44. The van der Waals surface area contributed by atoms with Gasteiger partial charge in [-0.3, -0.25) is 4.79 Å². The van der Waals surface area contributed by atoms with Crippen LogP contribution in [0.4, 0.5) is 9.59 Å². The van der Waals surface area contributed by atoms with E-state index in [1.165, 1.54) is 0 Å². The first-order chi connectivity index (χ1) is 18.2. The molecule has 0 atom stereocenters. The number of hydrogen-bond donors (Lipinski definition) is 2. The molecule has 2 aromatic rings. The molecule has 2 N–H and O–H groups in total. The molecular weight excluding hydrogens is 615 g/mol. The fourth-order valence-electron chi connectivity index (χ4n) is 4.44. The van der Waals surface area contributed by atoms with E-state index in [0.717, 1.165) is 60.3 Å². The summed E-state index contributed by atoms with van der Waals surface area (Å²) >= 11 is 0. The van der Waals surface area contributed by atoms with E-state index in [9.17, 15) is 14.4 Å². The summed E-state index contributed by atoms with van der Waals surface area (Å²) in [5, 5.41) is 5.49. The highest BCUT2D eigenvalue weighted by molar-refractivity contribution is 5.71. The van der Waals surface area contributed by atoms with Crippen molar-refractivity contribution in [3.05, 3.63) is 41.3 Å². The van der Waals surface area contributed by atoms with Gasteiger partial charge in [-0.05, 0) is 47.0 Å². The minimum atomic E-state index is -0.502. The summed E-state index contributed by atoms with van der Waals surface area (Å²) in [7, 11) is 0. The highest BCUT2D eigenvalue weighted by Crippen LogP contribution is 2.36. The monoisotopic (exact) mass is 658 g/mol. The van der Waals surface area contributed by atoms with Crippen LogP contribution in [0, 0.1) is 0 Å². The summed E-state index contributed by atoms with van der Waals surface area (Å²) in [4.78, 5) is 36.4. The summed E-state index contributed by atoms with van der Waals surface area (Å²) in [5.41, 5.74) is 4.64. The second-order valence-electron chi connectivity index (χ2n) is 10.1. The number of hydrogen-bond acceptors (Lipinski definition) is 6. The molecule has 0 saturated heterocycles. The third kappa shape index (κ3) is 9.40. The number of unbranched alkanes of at least 4 members (excludes halogenated alkanes) is 1. The highest BCUT2D eigenvalue weighted by atomic mass is 127. The van der Waals surface area contributed by atoms with E-state index in [0.29, 0.717) is 6.42 Å². The molecular formula is C28H43IN4O6+2. The number of fused-ring (bicyclic) bond motifs is 1. The molecule has 0 radical (unpaired) electrons. The van der Waals surface area contributed by atoms with Crippen molar-refractivity contribution < 1.29 is 57.1 Å². The van der Waals surface area contributed by atoms with Crippen molar-refractivity contribution in [2.24, 2.45) is 0 Å². The van der Waals surface area contributed by atoms with E-state index < -0.39 is 12.2 Å². The van der Waals surface area contributed by atoms with Gasteiger partial charge in [-0.2, -0.15) is 4.57 Å². The molecule has 3 rings (SSSR count). The topological polar surface area (TPSA) is 112 Å². The second-order valence-corrected chi connectivity index (χ2v) is 10.1. The van der Waals surface area contributed by atoms with E-state index in [1.807, 2.05) is 59.1 Å². The third-order valence-corrected chi connectivity index (χ3v) is 6.17. The zero-order valence-electron chi connectivity index (χ0n) is 23.6. The molecule has 2 amide bonds. The van der Waals surface area contributed by atoms with Crippen molar-refractivity contribution in [1.82, 2.24) is 15.2 Å². The third-order valence-electron chi connectivity index (χ3n) is 6.17. The lowest BCUT2D eigenvalue weighted by Gasteiger charge is -2.14. The van der Waals surface area contributed by atoms with Gasteiger partial charge in [0.2, 0.25) is 24.0 Å². The number of carbonyl (C=O) groups excluding carboxylic acids is 3. The summed E-state index contributed by atoms with van der Waals surface area (Å²) in [6, 6.07) is 3.81. The van der Waals surface area contributed by atoms with Gasteiger partial charge < -0.3 is 29.4 Å². The Labute approximate surface area is 247 Å². The zero-order chi connectivity index (χ0) is 27.7. The Hall–Kier alpha value is -2.83. The molecule has 0 aliphatic carbocycles. The Kier molecular flexibility index (Phi) is 13.0. The van der Waals surface area contributed by atoms with Gasteiger partial charge in [0.05, 0.1) is 5.69 Å². The number of amides is 2. The predicted octanol–water partition coefficient (Wildman–Crippen LogP) is 0.818. The quantitative estimate of drug-likeness (QED) is 0.151. The van der Waals surface area contributed by atoms with Crippen molar-refractivity contribution in [2.45, 2.75) is 105 Å². The first kappa shape index (κ1) is 32.4. The van der Waals surface area contributed by atoms with Crippen LogP contribution in [0.2, 0.25) is 0 Å². The van der Waals surface area contributed by atoms with Crippen LogP contribution in [-0.2, 0) is 51.9 Å². The molecule has 0 bridgehead atoms. The SMILES string of the molecule is CCCCC(=O)OC[n+]1ccc(-c2c(COC(=O)NC(C)C)c(COC(=O)NC(C)C)c3n2CCC3)cc1.[IH2+]. The second kappa shape index (κ2) is 15.7. The normalized spacial score (nSPS) is 12.1. The van der Waals surface area contributed by atoms with Gasteiger partial charge in [-0.25, -0.2) is 9.59 Å². The molecule has 0 unspecified atom stereocenters. The summed E-state index contributed by atoms with van der Waals surface area (Å²) in [6.45, 7) is 10.6. The number of nitrogens with one attached hydrogen (secondary N) is 2. The maximum atomic E-state index is 12.3. The van der Waals surface area contributed by atoms with Crippen molar-refractivity contribution in [1.29, 1.82) is 0 Å². The number of pyridine rings is 1. The number of aromatic nitrogens is 2. The van der Waals surface area contributed by atoms with E-state index in [-0.39, 0.29) is 62.0 Å². The lowest BCUT2D eigenvalue weighted by molar-refractivity contribution is -0.727. The van der Waals surface area contributed by atoms with Gasteiger partial charge in [0.1, 0.15) is 13.2 Å². The maximum Gasteiger partial charge on any atom is 0.407 e. The molecule has 216 valence electrons. The largest absolute Gasteiger partial charge is 0.445 e. The maximum absolute atomic E-state index is 12.3. The summed E-state index contributed by atoms with van der Waals surface area (Å²) < 4.78 is 20.5. The Morgan fingerprint density at radius 3 is 2.10 bits per heavy atom. The minimum Gasteiger partial charge on any atom is -0.445 e. The van der Waals surface area contributed by atoms with Crippen molar-refractivity contribution in [3.63, 3.8) is 0 Å². The number of nitrogens with zero attached hydrogens (tertiary/aromatic N) is 2. The molecule has 1 aliphatic rings. The first-order valence-corrected chi connectivity index (χ1v) is 13.4. The van der Waals surface area contributed by atoms with Crippen molar-refractivity contribution in [2.75, 3.05) is 0 Å². The van der Waals surface area contributed by atoms with Gasteiger partial charge in [0.15, 0.2) is 12.4 Å². The number of halogens is 1. The zero-order valence-corrected chi connectivity index (χ0v) is 26.2. The van der Waals surface area contributed by atoms with Gasteiger partial charge in [0, 0.05) is 59.6 Å². The van der Waals surface area contributed by atoms with Crippen LogP contribution in [0.15, 0.2) is 24.5 Å². The number of esters is 1. The number of alkyl carbamates (subject to hydrolysis) is 2. The van der Waals surface area contributed by atoms with Crippen LogP contribution in [0.1, 0.15) is 77.1 Å². The average Bonchev–Trinajstić information content (AvgIpc) is 3.44. The van der Waals surface area contributed by atoms with Gasteiger partial charge in [-0.1, -0.05) is 13.3 Å². The first-order valence-electron chi connectivity index (χ1n) is 13.4. The van der Waals surface area contributed by atoms with Crippen LogP contribution in [0.5, 0.6) is 0 Å². The Balaban J connectivity index is 0.00000533. The van der Waals surface area contributed by atoms with E-state index in [1.54, 1.807) is 4.57 Å². The molecule has 2 aromatic heterocycles. The average molecular weight is 659 g/mol. The molecule has 3 heterocycles. The molecule has 0 spiro atoms. The van der Waals surface area contributed by atoms with Crippen molar-refractivity contribution >= 4 is 18.2 Å². The number of ether oxygens (including phenoxy) is 3. The molecule has 39 heavy (non-hydrogen) atoms. The Morgan fingerprint density at radius 2 is 1.54 bits per heavy atom. The number of rotatable bonds is 12. The van der Waals surface area contributed by atoms with E-state index >= 15 is 0 Å². The van der Waals surface area contributed by atoms with Crippen LogP contribution >= 0.6 is 0 Å². The lowest BCUT2D eigenvalue weighted by atomic mass is 10.0. The van der Waals surface area contributed by atoms with Crippen LogP contribution < -0.4 is 39.2 Å². The Bertz CT molecular complexity index is 1110. The van der Waals surface area contributed by atoms with Crippen molar-refractivity contribution in [3.8, 4) is 11.3 Å². The van der Waals surface area contributed by atoms with Gasteiger partial charge >= 0.3 is 18.2 Å². The van der Waals surface area contributed by atoms with Crippen LogP contribution in [-0.4, -0.2) is 34.8 Å². The van der Waals surface area contributed by atoms with Gasteiger partial charge in [0.25, 0.3) is 6.73 Å².